The first kappa shape index (κ1) is 12.4. The quantitative estimate of drug-likeness (QED) is 0.466. The van der Waals surface area contributed by atoms with Gasteiger partial charge in [-0.1, -0.05) is 46.9 Å². The Kier molecular flexibility index (Phi) is 3.71. The topological polar surface area (TPSA) is 53.3 Å². The zero-order valence-electron chi connectivity index (χ0n) is 7.72. The number of benzene rings is 1. The van der Waals surface area contributed by atoms with Crippen LogP contribution in [0.5, 0.6) is 11.5 Å². The van der Waals surface area contributed by atoms with Gasteiger partial charge in [0.2, 0.25) is 5.90 Å². The third-order valence-electron chi connectivity index (χ3n) is 1.67. The van der Waals surface area contributed by atoms with Gasteiger partial charge >= 0.3 is 0 Å². The van der Waals surface area contributed by atoms with Crippen LogP contribution in [0.4, 0.5) is 0 Å². The number of nitrogens with one attached hydrogen (secondary N) is 1. The maximum Gasteiger partial charge on any atom is 0.266 e. The minimum Gasteiger partial charge on any atom is -0.504 e. The van der Waals surface area contributed by atoms with Crippen molar-refractivity contribution in [3.8, 4) is 11.5 Å². The van der Waals surface area contributed by atoms with Crippen LogP contribution in [0.15, 0.2) is 18.2 Å². The van der Waals surface area contributed by atoms with Crippen molar-refractivity contribution in [1.82, 2.24) is 0 Å². The molecule has 1 aromatic carbocycles. The molecule has 0 aliphatic rings. The highest BCUT2D eigenvalue weighted by molar-refractivity contribution is 6.76. The van der Waals surface area contributed by atoms with E-state index in [1.807, 2.05) is 0 Å². The van der Waals surface area contributed by atoms with E-state index in [1.54, 1.807) is 19.1 Å². The van der Waals surface area contributed by atoms with E-state index in [9.17, 15) is 5.11 Å². The van der Waals surface area contributed by atoms with Gasteiger partial charge in [0.25, 0.3) is 3.79 Å². The lowest BCUT2D eigenvalue weighted by atomic mass is 10.2. The summed E-state index contributed by atoms with van der Waals surface area (Å²) >= 11 is 16.3. The minimum atomic E-state index is -1.93. The van der Waals surface area contributed by atoms with Crippen LogP contribution in [0.25, 0.3) is 0 Å². The molecule has 0 aliphatic carbocycles. The summed E-state index contributed by atoms with van der Waals surface area (Å²) in [5.74, 6) is -0.545. The summed E-state index contributed by atoms with van der Waals surface area (Å²) in [7, 11) is 0. The second-order valence-corrected chi connectivity index (χ2v) is 5.13. The smallest absolute Gasteiger partial charge is 0.266 e. The van der Waals surface area contributed by atoms with Crippen molar-refractivity contribution >= 4 is 40.7 Å². The molecule has 0 aliphatic heterocycles. The van der Waals surface area contributed by atoms with Crippen LogP contribution in [0.2, 0.25) is 0 Å². The molecule has 0 aromatic heterocycles. The Hall–Kier alpha value is -0.640. The monoisotopic (exact) mass is 267 g/mol. The van der Waals surface area contributed by atoms with E-state index in [0.717, 1.165) is 0 Å². The van der Waals surface area contributed by atoms with Gasteiger partial charge in [0, 0.05) is 0 Å². The summed E-state index contributed by atoms with van der Waals surface area (Å²) < 4.78 is 2.99. The fraction of sp³-hybridized carbons (Fsp3) is 0.222. The number of halogens is 3. The van der Waals surface area contributed by atoms with Crippen LogP contribution in [0.1, 0.15) is 5.56 Å². The number of ether oxygens (including phenoxy) is 1. The lowest BCUT2D eigenvalue weighted by molar-refractivity contribution is 0.427. The summed E-state index contributed by atoms with van der Waals surface area (Å²) in [6.45, 7) is 1.70. The maximum absolute atomic E-state index is 9.56. The molecule has 0 saturated heterocycles. The average Bonchev–Trinajstić information content (AvgIpc) is 2.11. The van der Waals surface area contributed by atoms with Crippen molar-refractivity contribution in [3.63, 3.8) is 0 Å². The lowest BCUT2D eigenvalue weighted by Gasteiger charge is -2.14. The van der Waals surface area contributed by atoms with Gasteiger partial charge in [0.05, 0.1) is 0 Å². The van der Waals surface area contributed by atoms with Crippen LogP contribution in [0, 0.1) is 12.3 Å². The Morgan fingerprint density at radius 2 is 2.00 bits per heavy atom. The second-order valence-electron chi connectivity index (χ2n) is 2.85. The normalized spacial score (nSPS) is 11.2. The fourth-order valence-electron chi connectivity index (χ4n) is 0.882. The summed E-state index contributed by atoms with van der Waals surface area (Å²) in [5.41, 5.74) is 0.615. The number of aryl methyl sites for hydroxylation is 1. The van der Waals surface area contributed by atoms with Gasteiger partial charge in [-0.15, -0.1) is 0 Å². The molecule has 0 fully saturated rings. The SMILES string of the molecule is Cc1cccc(OC(=N)C(Cl)(Cl)Cl)c1O. The van der Waals surface area contributed by atoms with E-state index in [0.29, 0.717) is 5.56 Å². The molecule has 0 heterocycles. The zero-order valence-corrected chi connectivity index (χ0v) is 9.99. The van der Waals surface area contributed by atoms with Gasteiger partial charge < -0.3 is 9.84 Å². The van der Waals surface area contributed by atoms with E-state index < -0.39 is 9.69 Å². The van der Waals surface area contributed by atoms with Crippen molar-refractivity contribution in [1.29, 1.82) is 5.41 Å². The standard InChI is InChI=1S/C9H8Cl3NO2/c1-5-3-2-4-6(7(5)14)15-8(13)9(10,11)12/h2-4,13-14H,1H3. The Labute approximate surface area is 102 Å². The number of phenolic OH excluding ortho intramolecular Hbond substituents is 1. The van der Waals surface area contributed by atoms with Gasteiger partial charge in [0.15, 0.2) is 11.5 Å². The van der Waals surface area contributed by atoms with Gasteiger partial charge in [-0.25, -0.2) is 0 Å². The number of para-hydroxylation sites is 1. The molecule has 6 heteroatoms. The molecule has 82 valence electrons. The molecular formula is C9H8Cl3NO2. The highest BCUT2D eigenvalue weighted by Crippen LogP contribution is 2.33. The predicted octanol–water partition coefficient (Wildman–Crippen LogP) is 3.43. The molecule has 1 rings (SSSR count). The number of aromatic hydroxyl groups is 1. The number of phenols is 1. The average molecular weight is 269 g/mol. The summed E-state index contributed by atoms with van der Waals surface area (Å²) in [5, 5.41) is 16.9. The first-order valence-electron chi connectivity index (χ1n) is 3.94. The number of hydrogen-bond acceptors (Lipinski definition) is 3. The molecule has 0 unspecified atom stereocenters. The molecule has 3 nitrogen and oxygen atoms in total. The van der Waals surface area contributed by atoms with E-state index >= 15 is 0 Å². The van der Waals surface area contributed by atoms with E-state index in [2.05, 4.69) is 0 Å². The van der Waals surface area contributed by atoms with Crippen LogP contribution in [0.3, 0.4) is 0 Å². The molecule has 2 N–H and O–H groups in total. The van der Waals surface area contributed by atoms with E-state index in [-0.39, 0.29) is 11.5 Å². The van der Waals surface area contributed by atoms with Gasteiger partial charge in [-0.05, 0) is 18.6 Å². The molecule has 0 bridgehead atoms. The first-order valence-corrected chi connectivity index (χ1v) is 5.08. The molecule has 1 aromatic rings. The Balaban J connectivity index is 2.91. The fourth-order valence-corrected chi connectivity index (χ4v) is 0.998. The second kappa shape index (κ2) is 4.47. The summed E-state index contributed by atoms with van der Waals surface area (Å²) in [4.78, 5) is 0. The van der Waals surface area contributed by atoms with Crippen LogP contribution >= 0.6 is 34.8 Å². The third kappa shape index (κ3) is 3.16. The van der Waals surface area contributed by atoms with Gasteiger partial charge in [-0.3, -0.25) is 5.41 Å². The maximum atomic E-state index is 9.56. The van der Waals surface area contributed by atoms with E-state index in [4.69, 9.17) is 44.9 Å². The zero-order chi connectivity index (χ0) is 11.6. The highest BCUT2D eigenvalue weighted by Gasteiger charge is 2.29. The van der Waals surface area contributed by atoms with Crippen molar-refractivity contribution in [2.24, 2.45) is 0 Å². The Bertz CT molecular complexity index is 387. The molecule has 0 radical (unpaired) electrons. The minimum absolute atomic E-state index is 0.0727. The van der Waals surface area contributed by atoms with Crippen LogP contribution < -0.4 is 4.74 Å². The number of rotatable bonds is 1. The van der Waals surface area contributed by atoms with Crippen molar-refractivity contribution in [3.05, 3.63) is 23.8 Å². The molecule has 0 spiro atoms. The Morgan fingerprint density at radius 1 is 1.40 bits per heavy atom. The lowest BCUT2D eigenvalue weighted by Crippen LogP contribution is -2.24. The highest BCUT2D eigenvalue weighted by atomic mass is 35.6. The summed E-state index contributed by atoms with van der Waals surface area (Å²) in [6.07, 6.45) is 0. The molecule has 15 heavy (non-hydrogen) atoms. The predicted molar refractivity (Wildman–Crippen MR) is 61.5 cm³/mol. The molecule has 0 atom stereocenters. The first-order chi connectivity index (χ1) is 6.82. The van der Waals surface area contributed by atoms with Gasteiger partial charge in [-0.2, -0.15) is 0 Å². The van der Waals surface area contributed by atoms with Crippen LogP contribution in [-0.4, -0.2) is 14.8 Å². The van der Waals surface area contributed by atoms with Crippen molar-refractivity contribution in [2.45, 2.75) is 10.7 Å². The largest absolute Gasteiger partial charge is 0.504 e. The number of hydrogen-bond donors (Lipinski definition) is 2. The molecule has 0 saturated carbocycles. The van der Waals surface area contributed by atoms with Crippen LogP contribution in [-0.2, 0) is 0 Å². The van der Waals surface area contributed by atoms with Gasteiger partial charge in [0.1, 0.15) is 0 Å². The molecular weight excluding hydrogens is 260 g/mol. The van der Waals surface area contributed by atoms with Crippen molar-refractivity contribution < 1.29 is 9.84 Å². The van der Waals surface area contributed by atoms with Crippen molar-refractivity contribution in [2.75, 3.05) is 0 Å². The van der Waals surface area contributed by atoms with E-state index in [1.165, 1.54) is 6.07 Å². The Morgan fingerprint density at radius 3 is 2.53 bits per heavy atom. The third-order valence-corrected chi connectivity index (χ3v) is 2.19. The summed E-state index contributed by atoms with van der Waals surface area (Å²) in [6, 6.07) is 4.84. The number of alkyl halides is 3. The molecule has 0 amide bonds.